The maximum Gasteiger partial charge on any atom is 0.512 e. The molecule has 0 fully saturated rings. The highest BCUT2D eigenvalue weighted by atomic mass is 32.3. The molecule has 0 aromatic rings. The Morgan fingerprint density at radius 1 is 0.909 bits per heavy atom. The molecule has 0 atom stereocenters. The Hall–Kier alpha value is -0.640. The van der Waals surface area contributed by atoms with Crippen molar-refractivity contribution in [2.24, 2.45) is 0 Å². The predicted molar refractivity (Wildman–Crippen MR) is 63.5 cm³/mol. The van der Waals surface area contributed by atoms with E-state index in [0.717, 1.165) is 13.2 Å². The van der Waals surface area contributed by atoms with Crippen LogP contribution in [0.15, 0.2) is 0 Å². The zero-order valence-electron chi connectivity index (χ0n) is 11.5. The van der Waals surface area contributed by atoms with Gasteiger partial charge in [0.25, 0.3) is 0 Å². The minimum atomic E-state index is -6.60. The van der Waals surface area contributed by atoms with Crippen LogP contribution in [0.2, 0.25) is 0 Å². The van der Waals surface area contributed by atoms with Gasteiger partial charge in [-0.3, -0.25) is 0 Å². The molecule has 0 heterocycles. The molecule has 0 saturated carbocycles. The van der Waals surface area contributed by atoms with Crippen molar-refractivity contribution in [2.75, 3.05) is 34.4 Å². The van der Waals surface area contributed by atoms with Crippen LogP contribution in [0.3, 0.4) is 0 Å². The summed E-state index contributed by atoms with van der Waals surface area (Å²) in [5.41, 5.74) is -12.3. The van der Waals surface area contributed by atoms with E-state index in [0.29, 0.717) is 0 Å². The molecule has 22 heavy (non-hydrogen) atoms. The lowest BCUT2D eigenvalue weighted by Crippen LogP contribution is -2.45. The normalized spacial score (nSPS) is 13.7. The zero-order chi connectivity index (χ0) is 18.4. The van der Waals surface area contributed by atoms with Crippen molar-refractivity contribution >= 4 is 20.0 Å². The van der Waals surface area contributed by atoms with E-state index in [-0.39, 0.29) is 0 Å². The summed E-state index contributed by atoms with van der Waals surface area (Å²) in [7, 11) is -7.43. The second kappa shape index (κ2) is 8.28. The van der Waals surface area contributed by atoms with Crippen LogP contribution < -0.4 is 4.13 Å². The lowest BCUT2D eigenvalue weighted by molar-refractivity contribution is -0.0476. The van der Waals surface area contributed by atoms with Gasteiger partial charge in [0.05, 0.1) is 6.61 Å². The third kappa shape index (κ3) is 8.72. The summed E-state index contributed by atoms with van der Waals surface area (Å²) in [6.45, 7) is 1.84. The average molecular weight is 384 g/mol. The Balaban J connectivity index is 0. The number of alkyl halides is 6. The summed E-state index contributed by atoms with van der Waals surface area (Å²) in [5.74, 6) is 0. The quantitative estimate of drug-likeness (QED) is 0.693. The lowest BCUT2D eigenvalue weighted by Gasteiger charge is -2.11. The van der Waals surface area contributed by atoms with Gasteiger partial charge in [0, 0.05) is 13.7 Å². The molecule has 7 nitrogen and oxygen atoms in total. The zero-order valence-corrected chi connectivity index (χ0v) is 13.1. The number of halogens is 6. The monoisotopic (exact) mass is 384 g/mol. The number of likely N-dealkylation sites (N-methyl/N-ethyl adjacent to an activating group) is 1. The smallest absolute Gasteiger partial charge is 0.383 e. The largest absolute Gasteiger partial charge is 0.512 e. The molecule has 0 amide bonds. The Morgan fingerprint density at radius 2 is 1.23 bits per heavy atom. The molecule has 0 aliphatic rings. The van der Waals surface area contributed by atoms with Gasteiger partial charge in [0.15, 0.2) is 0 Å². The maximum atomic E-state index is 11.5. The fourth-order valence-corrected chi connectivity index (χ4v) is 2.42. The van der Waals surface area contributed by atoms with Crippen LogP contribution in [0.25, 0.3) is 0 Å². The van der Waals surface area contributed by atoms with Gasteiger partial charge >= 0.3 is 31.1 Å². The molecule has 0 aliphatic heterocycles. The van der Waals surface area contributed by atoms with Crippen LogP contribution in [-0.4, -0.2) is 67.1 Å². The third-order valence-corrected chi connectivity index (χ3v) is 4.55. The highest BCUT2D eigenvalue weighted by Crippen LogP contribution is 2.27. The molecule has 0 spiro atoms. The average Bonchev–Trinajstić information content (AvgIpc) is 2.22. The van der Waals surface area contributed by atoms with E-state index < -0.39 is 35.2 Å². The van der Waals surface area contributed by atoms with Gasteiger partial charge in [0.2, 0.25) is 0 Å². The molecule has 0 unspecified atom stereocenters. The number of hydrogen-bond donors (Lipinski definition) is 1. The second-order valence-electron chi connectivity index (χ2n) is 3.78. The van der Waals surface area contributed by atoms with Gasteiger partial charge in [-0.15, -0.1) is 0 Å². The molecule has 0 saturated heterocycles. The first-order valence-electron chi connectivity index (χ1n) is 5.02. The SMILES string of the molecule is COCCN(C)C.O=S(=O)(NS(=O)(=O)C(F)(F)F)C(F)(F)F. The molecular weight excluding hydrogens is 370 g/mol. The van der Waals surface area contributed by atoms with Crippen LogP contribution in [0, 0.1) is 0 Å². The standard InChI is InChI=1S/C5H13NO.C2HF6NO4S2/c1-6(2)4-5-7-3;3-1(4,5)14(10,11)9-15(12,13)2(6,7)8/h4-5H2,1-3H3;9H. The van der Waals surface area contributed by atoms with Gasteiger partial charge in [-0.1, -0.05) is 4.13 Å². The minimum Gasteiger partial charge on any atom is -0.383 e. The van der Waals surface area contributed by atoms with Crippen LogP contribution >= 0.6 is 0 Å². The first-order valence-corrected chi connectivity index (χ1v) is 7.99. The summed E-state index contributed by atoms with van der Waals surface area (Å²) in [6, 6.07) is 0. The lowest BCUT2D eigenvalue weighted by atomic mass is 10.6. The summed E-state index contributed by atoms with van der Waals surface area (Å²) in [6.07, 6.45) is 0. The Kier molecular flexibility index (Phi) is 8.89. The molecule has 0 rings (SSSR count). The Morgan fingerprint density at radius 3 is 1.36 bits per heavy atom. The fraction of sp³-hybridized carbons (Fsp3) is 1.00. The van der Waals surface area contributed by atoms with Crippen molar-refractivity contribution in [3.63, 3.8) is 0 Å². The van der Waals surface area contributed by atoms with E-state index in [4.69, 9.17) is 4.74 Å². The number of hydrogen-bond acceptors (Lipinski definition) is 6. The van der Waals surface area contributed by atoms with E-state index in [2.05, 4.69) is 4.90 Å². The maximum absolute atomic E-state index is 11.5. The van der Waals surface area contributed by atoms with Gasteiger partial charge in [-0.05, 0) is 14.1 Å². The highest BCUT2D eigenvalue weighted by molar-refractivity contribution is 8.05. The molecule has 136 valence electrons. The predicted octanol–water partition coefficient (Wildman–Crippen LogP) is 0.470. The van der Waals surface area contributed by atoms with Gasteiger partial charge in [-0.2, -0.15) is 26.3 Å². The Labute approximate surface area is 123 Å². The van der Waals surface area contributed by atoms with Crippen molar-refractivity contribution < 1.29 is 47.9 Å². The second-order valence-corrected chi connectivity index (χ2v) is 7.38. The number of methoxy groups -OCH3 is 1. The first kappa shape index (κ1) is 23.6. The van der Waals surface area contributed by atoms with Gasteiger partial charge in [0.1, 0.15) is 0 Å². The van der Waals surface area contributed by atoms with Crippen molar-refractivity contribution in [2.45, 2.75) is 11.0 Å². The van der Waals surface area contributed by atoms with Crippen LogP contribution in [-0.2, 0) is 24.8 Å². The van der Waals surface area contributed by atoms with E-state index in [9.17, 15) is 43.2 Å². The third-order valence-electron chi connectivity index (χ3n) is 1.57. The van der Waals surface area contributed by atoms with E-state index in [1.54, 1.807) is 7.11 Å². The Bertz CT molecular complexity index is 483. The van der Waals surface area contributed by atoms with Gasteiger partial charge in [-0.25, -0.2) is 16.8 Å². The van der Waals surface area contributed by atoms with E-state index in [1.165, 1.54) is 0 Å². The molecular formula is C7H14F6N2O5S2. The van der Waals surface area contributed by atoms with Crippen molar-refractivity contribution in [3.05, 3.63) is 0 Å². The van der Waals surface area contributed by atoms with Crippen LogP contribution in [0.5, 0.6) is 0 Å². The fourth-order valence-electron chi connectivity index (χ4n) is 0.513. The molecule has 0 aliphatic carbocycles. The first-order chi connectivity index (χ1) is 9.48. The summed E-state index contributed by atoms with van der Waals surface area (Å²) >= 11 is 0. The van der Waals surface area contributed by atoms with E-state index in [1.807, 2.05) is 14.1 Å². The highest BCUT2D eigenvalue weighted by Gasteiger charge is 2.55. The number of nitrogens with one attached hydrogen (secondary N) is 1. The van der Waals surface area contributed by atoms with Gasteiger partial charge < -0.3 is 9.64 Å². The topological polar surface area (TPSA) is 92.8 Å². The van der Waals surface area contributed by atoms with Crippen molar-refractivity contribution in [3.8, 4) is 0 Å². The molecule has 1 N–H and O–H groups in total. The number of ether oxygens (including phenoxy) is 1. The molecule has 15 heteroatoms. The molecule has 0 radical (unpaired) electrons. The van der Waals surface area contributed by atoms with Crippen LogP contribution in [0.4, 0.5) is 26.3 Å². The summed E-state index contributed by atoms with van der Waals surface area (Å²) in [4.78, 5) is 2.09. The van der Waals surface area contributed by atoms with Crippen molar-refractivity contribution in [1.82, 2.24) is 9.03 Å². The van der Waals surface area contributed by atoms with E-state index >= 15 is 0 Å². The number of nitrogens with zero attached hydrogens (tertiary/aromatic N) is 1. The van der Waals surface area contributed by atoms with Crippen molar-refractivity contribution in [1.29, 1.82) is 0 Å². The minimum absolute atomic E-state index is 0.493. The van der Waals surface area contributed by atoms with Crippen LogP contribution in [0.1, 0.15) is 0 Å². The molecule has 0 bridgehead atoms. The summed E-state index contributed by atoms with van der Waals surface area (Å²) in [5, 5.41) is 0. The molecule has 0 aromatic carbocycles. The molecule has 0 aromatic heterocycles. The summed E-state index contributed by atoms with van der Waals surface area (Å²) < 4.78 is 113. The number of rotatable bonds is 5. The number of sulfonamides is 2.